The number of nitrogens with zero attached hydrogens (tertiary/aromatic N) is 2. The van der Waals surface area contributed by atoms with Crippen molar-refractivity contribution in [1.82, 2.24) is 15.6 Å². The topological polar surface area (TPSA) is 67.8 Å². The van der Waals surface area contributed by atoms with Gasteiger partial charge in [0.1, 0.15) is 0 Å². The van der Waals surface area contributed by atoms with Gasteiger partial charge in [0.25, 0.3) is 0 Å². The number of aromatic nitrogens is 1. The van der Waals surface area contributed by atoms with Crippen molar-refractivity contribution in [2.75, 3.05) is 33.4 Å². The van der Waals surface area contributed by atoms with E-state index in [-0.39, 0.29) is 30.1 Å². The summed E-state index contributed by atoms with van der Waals surface area (Å²) in [5, 5.41) is 9.00. The van der Waals surface area contributed by atoms with Gasteiger partial charge in [0.2, 0.25) is 0 Å². The van der Waals surface area contributed by atoms with Crippen LogP contribution in [0.2, 0.25) is 0 Å². The zero-order valence-corrected chi connectivity index (χ0v) is 17.4. The van der Waals surface area contributed by atoms with Crippen molar-refractivity contribution in [3.63, 3.8) is 0 Å². The van der Waals surface area contributed by atoms with Crippen LogP contribution in [0.3, 0.4) is 0 Å². The number of guanidine groups is 1. The fourth-order valence-electron chi connectivity index (χ4n) is 2.88. The van der Waals surface area contributed by atoms with Crippen LogP contribution in [0.4, 0.5) is 0 Å². The van der Waals surface area contributed by atoms with Gasteiger partial charge in [-0.25, -0.2) is 0 Å². The molecule has 0 aliphatic carbocycles. The molecule has 2 N–H and O–H groups in total. The molecule has 7 heteroatoms. The van der Waals surface area contributed by atoms with Crippen LogP contribution in [0.1, 0.15) is 18.5 Å². The van der Waals surface area contributed by atoms with Gasteiger partial charge in [0.15, 0.2) is 5.96 Å². The van der Waals surface area contributed by atoms with Crippen molar-refractivity contribution in [2.45, 2.75) is 25.5 Å². The van der Waals surface area contributed by atoms with Gasteiger partial charge in [-0.1, -0.05) is 24.3 Å². The maximum absolute atomic E-state index is 5.76. The third-order valence-corrected chi connectivity index (χ3v) is 4.26. The van der Waals surface area contributed by atoms with Crippen molar-refractivity contribution in [3.05, 3.63) is 42.2 Å². The molecule has 0 radical (unpaired) electrons. The number of rotatable bonds is 7. The molecule has 1 atom stereocenters. The Kier molecular flexibility index (Phi) is 9.07. The van der Waals surface area contributed by atoms with Gasteiger partial charge in [-0.3, -0.25) is 9.98 Å². The molecule has 0 amide bonds. The van der Waals surface area contributed by atoms with Crippen molar-refractivity contribution in [1.29, 1.82) is 0 Å². The van der Waals surface area contributed by atoms with Gasteiger partial charge >= 0.3 is 0 Å². The summed E-state index contributed by atoms with van der Waals surface area (Å²) in [5.74, 6) is 0.777. The molecule has 1 aromatic heterocycles. The van der Waals surface area contributed by atoms with Crippen molar-refractivity contribution >= 4 is 40.7 Å². The molecule has 2 heterocycles. The van der Waals surface area contributed by atoms with Crippen LogP contribution in [0, 0.1) is 0 Å². The smallest absolute Gasteiger partial charge is 0.191 e. The number of pyridine rings is 1. The van der Waals surface area contributed by atoms with Crippen LogP contribution >= 0.6 is 24.0 Å². The quantitative estimate of drug-likeness (QED) is 0.282. The van der Waals surface area contributed by atoms with Gasteiger partial charge in [0.05, 0.1) is 24.9 Å². The molecule has 1 aliphatic rings. The van der Waals surface area contributed by atoms with E-state index in [1.807, 2.05) is 24.4 Å². The minimum absolute atomic E-state index is 0. The summed E-state index contributed by atoms with van der Waals surface area (Å²) < 4.78 is 11.1. The minimum atomic E-state index is 0. The third-order valence-electron chi connectivity index (χ3n) is 4.26. The average Bonchev–Trinajstić information content (AvgIpc) is 3.17. The van der Waals surface area contributed by atoms with Crippen LogP contribution in [0.15, 0.2) is 41.5 Å². The number of nitrogens with one attached hydrogen (secondary N) is 2. The van der Waals surface area contributed by atoms with E-state index in [4.69, 9.17) is 9.47 Å². The highest BCUT2D eigenvalue weighted by atomic mass is 127. The molecular weight excluding hydrogens is 443 g/mol. The molecule has 0 saturated carbocycles. The first-order valence-corrected chi connectivity index (χ1v) is 8.83. The average molecular weight is 470 g/mol. The first kappa shape index (κ1) is 20.9. The van der Waals surface area contributed by atoms with Gasteiger partial charge in [-0.15, -0.1) is 24.0 Å². The second kappa shape index (κ2) is 11.3. The minimum Gasteiger partial charge on any atom is -0.379 e. The molecule has 1 fully saturated rings. The third kappa shape index (κ3) is 6.07. The lowest BCUT2D eigenvalue weighted by molar-refractivity contribution is 0.0420. The van der Waals surface area contributed by atoms with Crippen LogP contribution in [-0.2, 0) is 16.0 Å². The molecule has 1 aromatic carbocycles. The molecule has 2 aromatic rings. The standard InChI is InChI=1S/C19H26N4O2.HI/c1-20-19(22-9-4-11-25-16-8-12-24-14-16)23-13-18-17-6-3-2-5-15(17)7-10-21-18;/h2-3,5-7,10,16H,4,8-9,11-14H2,1H3,(H2,20,22,23);1H. The molecule has 6 nitrogen and oxygen atoms in total. The van der Waals surface area contributed by atoms with Gasteiger partial charge in [0, 0.05) is 38.4 Å². The highest BCUT2D eigenvalue weighted by Gasteiger charge is 2.15. The summed E-state index contributed by atoms with van der Waals surface area (Å²) in [7, 11) is 1.78. The number of hydrogen-bond acceptors (Lipinski definition) is 4. The number of ether oxygens (including phenoxy) is 2. The first-order chi connectivity index (χ1) is 12.4. The van der Waals surface area contributed by atoms with Crippen LogP contribution < -0.4 is 10.6 Å². The highest BCUT2D eigenvalue weighted by molar-refractivity contribution is 14.0. The largest absolute Gasteiger partial charge is 0.379 e. The van der Waals surface area contributed by atoms with Crippen LogP contribution in [0.25, 0.3) is 10.8 Å². The Hall–Kier alpha value is -1.45. The van der Waals surface area contributed by atoms with Crippen molar-refractivity contribution in [3.8, 4) is 0 Å². The molecule has 1 unspecified atom stereocenters. The van der Waals surface area contributed by atoms with Gasteiger partial charge in [-0.2, -0.15) is 0 Å². The number of hydrogen-bond donors (Lipinski definition) is 2. The molecule has 0 bridgehead atoms. The van der Waals surface area contributed by atoms with Crippen LogP contribution in [0.5, 0.6) is 0 Å². The molecule has 142 valence electrons. The monoisotopic (exact) mass is 470 g/mol. The lowest BCUT2D eigenvalue weighted by atomic mass is 10.1. The van der Waals surface area contributed by atoms with E-state index in [1.54, 1.807) is 7.05 Å². The predicted octanol–water partition coefficient (Wildman–Crippen LogP) is 2.71. The summed E-state index contributed by atoms with van der Waals surface area (Å²) in [6.07, 6.45) is 4.06. The zero-order valence-electron chi connectivity index (χ0n) is 15.1. The Balaban J connectivity index is 0.00000243. The number of aliphatic imine (C=N–C) groups is 1. The van der Waals surface area contributed by atoms with E-state index < -0.39 is 0 Å². The van der Waals surface area contributed by atoms with Crippen molar-refractivity contribution in [2.24, 2.45) is 4.99 Å². The Morgan fingerprint density at radius 3 is 3.00 bits per heavy atom. The lowest BCUT2D eigenvalue weighted by Gasteiger charge is -2.13. The maximum atomic E-state index is 5.76. The number of benzene rings is 1. The zero-order chi connectivity index (χ0) is 17.3. The fraction of sp³-hybridized carbons (Fsp3) is 0.474. The second-order valence-electron chi connectivity index (χ2n) is 6.04. The predicted molar refractivity (Wildman–Crippen MR) is 115 cm³/mol. The number of fused-ring (bicyclic) bond motifs is 1. The highest BCUT2D eigenvalue weighted by Crippen LogP contribution is 2.15. The lowest BCUT2D eigenvalue weighted by Crippen LogP contribution is -2.37. The molecule has 0 spiro atoms. The van der Waals surface area contributed by atoms with Gasteiger partial charge in [-0.05, 0) is 24.3 Å². The molecule has 1 saturated heterocycles. The Labute approximate surface area is 171 Å². The summed E-state index contributed by atoms with van der Waals surface area (Å²) in [6, 6.07) is 10.3. The van der Waals surface area contributed by atoms with Crippen LogP contribution in [-0.4, -0.2) is 50.5 Å². The summed E-state index contributed by atoms with van der Waals surface area (Å²) >= 11 is 0. The summed E-state index contributed by atoms with van der Waals surface area (Å²) in [5.41, 5.74) is 1.02. The van der Waals surface area contributed by atoms with E-state index in [0.29, 0.717) is 6.54 Å². The van der Waals surface area contributed by atoms with Crippen molar-refractivity contribution < 1.29 is 9.47 Å². The Morgan fingerprint density at radius 2 is 2.19 bits per heavy atom. The molecule has 3 rings (SSSR count). The second-order valence-corrected chi connectivity index (χ2v) is 6.04. The molecule has 26 heavy (non-hydrogen) atoms. The van der Waals surface area contributed by atoms with E-state index in [1.165, 1.54) is 10.8 Å². The molecular formula is C19H27IN4O2. The first-order valence-electron chi connectivity index (χ1n) is 8.83. The Morgan fingerprint density at radius 1 is 1.31 bits per heavy atom. The van der Waals surface area contributed by atoms with E-state index in [9.17, 15) is 0 Å². The maximum Gasteiger partial charge on any atom is 0.191 e. The summed E-state index contributed by atoms with van der Waals surface area (Å²) in [4.78, 5) is 8.75. The normalized spacial score (nSPS) is 17.1. The molecule has 1 aliphatic heterocycles. The summed E-state index contributed by atoms with van der Waals surface area (Å²) in [6.45, 7) is 3.74. The Bertz CT molecular complexity index is 700. The van der Waals surface area contributed by atoms with E-state index in [2.05, 4.69) is 32.7 Å². The van der Waals surface area contributed by atoms with E-state index in [0.717, 1.165) is 50.9 Å². The fourth-order valence-corrected chi connectivity index (χ4v) is 2.88. The SMILES string of the molecule is CN=C(NCCCOC1CCOC1)NCc1nccc2ccccc12.I. The van der Waals surface area contributed by atoms with E-state index >= 15 is 0 Å². The number of halogens is 1. The van der Waals surface area contributed by atoms with Gasteiger partial charge < -0.3 is 20.1 Å².